The normalized spacial score (nSPS) is 15.3. The second-order valence-corrected chi connectivity index (χ2v) is 6.35. The zero-order valence-electron chi connectivity index (χ0n) is 11.4. The largest absolute Gasteiger partial charge is 0.354 e. The molecule has 1 aromatic heterocycles. The number of hydrogen-bond acceptors (Lipinski definition) is 5. The van der Waals surface area contributed by atoms with Gasteiger partial charge < -0.3 is 11.1 Å². The summed E-state index contributed by atoms with van der Waals surface area (Å²) in [6.45, 7) is 11.3. The van der Waals surface area contributed by atoms with Crippen LogP contribution in [0, 0.1) is 5.92 Å². The molecule has 4 nitrogen and oxygen atoms in total. The van der Waals surface area contributed by atoms with Crippen molar-refractivity contribution in [2.24, 2.45) is 11.7 Å². The summed E-state index contributed by atoms with van der Waals surface area (Å²) in [6, 6.07) is 0. The molecular formula is C12H24N4S. The van der Waals surface area contributed by atoms with E-state index in [1.807, 2.05) is 0 Å². The standard InChI is InChI=1S/C12H24N4S/c1-8(2)6-12(5,7-13)15-11-14-10(9(3)4)16-17-11/h8-9H,6-7,13H2,1-5H3,(H,14,15,16). The molecule has 0 spiro atoms. The molecule has 5 heteroatoms. The fourth-order valence-electron chi connectivity index (χ4n) is 1.86. The van der Waals surface area contributed by atoms with Crippen LogP contribution >= 0.6 is 11.5 Å². The first kappa shape index (κ1) is 14.4. The lowest BCUT2D eigenvalue weighted by molar-refractivity contribution is 0.407. The third kappa shape index (κ3) is 4.24. The molecule has 0 fully saturated rings. The summed E-state index contributed by atoms with van der Waals surface area (Å²) in [5.74, 6) is 1.88. The van der Waals surface area contributed by atoms with Crippen molar-refractivity contribution in [2.45, 2.75) is 52.5 Å². The van der Waals surface area contributed by atoms with Crippen LogP contribution in [0.15, 0.2) is 0 Å². The van der Waals surface area contributed by atoms with E-state index >= 15 is 0 Å². The van der Waals surface area contributed by atoms with Gasteiger partial charge in [-0.1, -0.05) is 27.7 Å². The van der Waals surface area contributed by atoms with Gasteiger partial charge in [-0.3, -0.25) is 0 Å². The summed E-state index contributed by atoms with van der Waals surface area (Å²) >= 11 is 1.42. The predicted octanol–water partition coefficient (Wildman–Crippen LogP) is 2.84. The van der Waals surface area contributed by atoms with Gasteiger partial charge in [-0.05, 0) is 19.3 Å². The maximum atomic E-state index is 5.86. The molecule has 1 unspecified atom stereocenters. The molecule has 0 radical (unpaired) electrons. The minimum absolute atomic E-state index is 0.0953. The number of aromatic nitrogens is 2. The van der Waals surface area contributed by atoms with E-state index in [0.717, 1.165) is 17.4 Å². The SMILES string of the molecule is CC(C)CC(C)(CN)Nc1nc(C(C)C)ns1. The third-order valence-corrected chi connectivity index (χ3v) is 3.32. The first-order valence-electron chi connectivity index (χ1n) is 6.18. The molecular weight excluding hydrogens is 232 g/mol. The molecule has 17 heavy (non-hydrogen) atoms. The molecule has 0 aromatic carbocycles. The zero-order chi connectivity index (χ0) is 13.1. The molecule has 0 aliphatic rings. The Kier molecular flexibility index (Phi) is 4.89. The summed E-state index contributed by atoms with van der Waals surface area (Å²) in [4.78, 5) is 4.49. The van der Waals surface area contributed by atoms with Crippen LogP contribution in [0.25, 0.3) is 0 Å². The molecule has 0 aliphatic carbocycles. The number of anilines is 1. The number of nitrogens with two attached hydrogens (primary N) is 1. The lowest BCUT2D eigenvalue weighted by Gasteiger charge is -2.30. The first-order chi connectivity index (χ1) is 7.86. The van der Waals surface area contributed by atoms with Crippen molar-refractivity contribution < 1.29 is 0 Å². The smallest absolute Gasteiger partial charge is 0.203 e. The van der Waals surface area contributed by atoms with Gasteiger partial charge in [0.1, 0.15) is 5.82 Å². The lowest BCUT2D eigenvalue weighted by Crippen LogP contribution is -2.43. The van der Waals surface area contributed by atoms with Gasteiger partial charge in [0, 0.05) is 29.5 Å². The second kappa shape index (κ2) is 5.78. The van der Waals surface area contributed by atoms with Gasteiger partial charge in [-0.15, -0.1) is 0 Å². The van der Waals surface area contributed by atoms with Crippen LogP contribution in [0.2, 0.25) is 0 Å². The Bertz CT molecular complexity index is 348. The fraction of sp³-hybridized carbons (Fsp3) is 0.833. The molecule has 0 saturated heterocycles. The average molecular weight is 256 g/mol. The third-order valence-electron chi connectivity index (χ3n) is 2.68. The highest BCUT2D eigenvalue weighted by molar-refractivity contribution is 7.09. The van der Waals surface area contributed by atoms with Crippen molar-refractivity contribution in [2.75, 3.05) is 11.9 Å². The number of hydrogen-bond donors (Lipinski definition) is 2. The van der Waals surface area contributed by atoms with E-state index in [1.54, 1.807) is 0 Å². The quantitative estimate of drug-likeness (QED) is 0.821. The Balaban J connectivity index is 2.72. The molecule has 0 saturated carbocycles. The van der Waals surface area contributed by atoms with Crippen LogP contribution in [0.5, 0.6) is 0 Å². The Labute approximate surface area is 108 Å². The van der Waals surface area contributed by atoms with Crippen LogP contribution < -0.4 is 11.1 Å². The van der Waals surface area contributed by atoms with Crippen LogP contribution in [0.4, 0.5) is 5.13 Å². The maximum absolute atomic E-state index is 5.86. The van der Waals surface area contributed by atoms with Crippen molar-refractivity contribution in [1.82, 2.24) is 9.36 Å². The number of nitrogens with one attached hydrogen (secondary N) is 1. The average Bonchev–Trinajstić information content (AvgIpc) is 2.65. The van der Waals surface area contributed by atoms with Crippen molar-refractivity contribution in [3.63, 3.8) is 0 Å². The van der Waals surface area contributed by atoms with Gasteiger partial charge in [-0.2, -0.15) is 4.37 Å². The Morgan fingerprint density at radius 1 is 1.35 bits per heavy atom. The van der Waals surface area contributed by atoms with Gasteiger partial charge in [0.05, 0.1) is 0 Å². The maximum Gasteiger partial charge on any atom is 0.203 e. The summed E-state index contributed by atoms with van der Waals surface area (Å²) in [7, 11) is 0. The van der Waals surface area contributed by atoms with E-state index in [-0.39, 0.29) is 5.54 Å². The van der Waals surface area contributed by atoms with Crippen LogP contribution in [0.1, 0.15) is 52.8 Å². The van der Waals surface area contributed by atoms with E-state index < -0.39 is 0 Å². The van der Waals surface area contributed by atoms with Crippen molar-refractivity contribution in [3.05, 3.63) is 5.82 Å². The van der Waals surface area contributed by atoms with E-state index in [0.29, 0.717) is 18.4 Å². The van der Waals surface area contributed by atoms with Gasteiger partial charge >= 0.3 is 0 Å². The highest BCUT2D eigenvalue weighted by atomic mass is 32.1. The Morgan fingerprint density at radius 3 is 2.41 bits per heavy atom. The second-order valence-electron chi connectivity index (χ2n) is 5.60. The molecule has 3 N–H and O–H groups in total. The first-order valence-corrected chi connectivity index (χ1v) is 6.95. The van der Waals surface area contributed by atoms with E-state index in [2.05, 4.69) is 49.3 Å². The van der Waals surface area contributed by atoms with Crippen LogP contribution in [-0.2, 0) is 0 Å². The summed E-state index contributed by atoms with van der Waals surface area (Å²) in [5, 5.41) is 4.31. The summed E-state index contributed by atoms with van der Waals surface area (Å²) in [5.41, 5.74) is 5.77. The molecule has 1 aromatic rings. The topological polar surface area (TPSA) is 63.8 Å². The molecule has 0 amide bonds. The summed E-state index contributed by atoms with van der Waals surface area (Å²) < 4.78 is 4.34. The number of nitrogens with zero attached hydrogens (tertiary/aromatic N) is 2. The lowest BCUT2D eigenvalue weighted by atomic mass is 9.91. The molecule has 0 aliphatic heterocycles. The minimum Gasteiger partial charge on any atom is -0.354 e. The monoisotopic (exact) mass is 256 g/mol. The highest BCUT2D eigenvalue weighted by Gasteiger charge is 2.25. The zero-order valence-corrected chi connectivity index (χ0v) is 12.3. The number of rotatable bonds is 6. The Hall–Kier alpha value is -0.680. The Morgan fingerprint density at radius 2 is 2.00 bits per heavy atom. The molecule has 98 valence electrons. The molecule has 1 atom stereocenters. The highest BCUT2D eigenvalue weighted by Crippen LogP contribution is 2.24. The summed E-state index contributed by atoms with van der Waals surface area (Å²) in [6.07, 6.45) is 1.03. The minimum atomic E-state index is -0.0953. The van der Waals surface area contributed by atoms with Crippen LogP contribution in [0.3, 0.4) is 0 Å². The van der Waals surface area contributed by atoms with E-state index in [9.17, 15) is 0 Å². The van der Waals surface area contributed by atoms with Gasteiger partial charge in [-0.25, -0.2) is 4.98 Å². The van der Waals surface area contributed by atoms with Crippen molar-refractivity contribution >= 4 is 16.7 Å². The van der Waals surface area contributed by atoms with Crippen LogP contribution in [-0.4, -0.2) is 21.4 Å². The predicted molar refractivity (Wildman–Crippen MR) is 74.5 cm³/mol. The molecule has 1 rings (SSSR count). The van der Waals surface area contributed by atoms with Gasteiger partial charge in [0.25, 0.3) is 0 Å². The van der Waals surface area contributed by atoms with Crippen molar-refractivity contribution in [1.29, 1.82) is 0 Å². The van der Waals surface area contributed by atoms with E-state index in [4.69, 9.17) is 5.73 Å². The molecule has 0 bridgehead atoms. The van der Waals surface area contributed by atoms with Crippen molar-refractivity contribution in [3.8, 4) is 0 Å². The van der Waals surface area contributed by atoms with Gasteiger partial charge in [0.2, 0.25) is 5.13 Å². The van der Waals surface area contributed by atoms with E-state index in [1.165, 1.54) is 11.5 Å². The fourth-order valence-corrected chi connectivity index (χ4v) is 2.72. The molecule has 1 heterocycles. The van der Waals surface area contributed by atoms with Gasteiger partial charge in [0.15, 0.2) is 0 Å².